The molecule has 0 saturated carbocycles. The Morgan fingerprint density at radius 3 is 2.61 bits per heavy atom. The number of amides is 1. The van der Waals surface area contributed by atoms with Gasteiger partial charge in [-0.1, -0.05) is 11.8 Å². The Morgan fingerprint density at radius 2 is 1.96 bits per heavy atom. The molecular weight excluding hydrogens is 395 g/mol. The van der Waals surface area contributed by atoms with Crippen LogP contribution in [0.5, 0.6) is 5.75 Å². The largest absolute Gasteiger partial charge is 0.573 e. The summed E-state index contributed by atoms with van der Waals surface area (Å²) in [6.07, 6.45) is -1.44. The SMILES string of the molecule is Cn1c(SCC(=O)Nc2ccc(OC(F)(F)F)cc2)nnc1-c1cccnc1. The van der Waals surface area contributed by atoms with E-state index in [-0.39, 0.29) is 17.4 Å². The molecule has 3 rings (SSSR count). The molecule has 0 saturated heterocycles. The molecule has 11 heteroatoms. The van der Waals surface area contributed by atoms with Crippen LogP contribution in [0.2, 0.25) is 0 Å². The Morgan fingerprint density at radius 1 is 1.21 bits per heavy atom. The molecule has 0 aliphatic carbocycles. The number of rotatable bonds is 6. The van der Waals surface area contributed by atoms with Gasteiger partial charge < -0.3 is 14.6 Å². The molecule has 1 amide bonds. The zero-order valence-corrected chi connectivity index (χ0v) is 15.3. The highest BCUT2D eigenvalue weighted by atomic mass is 32.2. The minimum atomic E-state index is -4.76. The monoisotopic (exact) mass is 409 g/mol. The van der Waals surface area contributed by atoms with E-state index in [0.717, 1.165) is 17.7 Å². The lowest BCUT2D eigenvalue weighted by Crippen LogP contribution is -2.17. The molecule has 0 unspecified atom stereocenters. The first-order valence-corrected chi connectivity index (χ1v) is 8.88. The predicted molar refractivity (Wildman–Crippen MR) is 96.7 cm³/mol. The van der Waals surface area contributed by atoms with Gasteiger partial charge in [0.2, 0.25) is 5.91 Å². The quantitative estimate of drug-likeness (QED) is 0.628. The maximum Gasteiger partial charge on any atom is 0.573 e. The molecule has 0 fully saturated rings. The summed E-state index contributed by atoms with van der Waals surface area (Å²) in [6, 6.07) is 8.54. The van der Waals surface area contributed by atoms with Crippen molar-refractivity contribution in [1.82, 2.24) is 19.7 Å². The summed E-state index contributed by atoms with van der Waals surface area (Å²) >= 11 is 1.18. The zero-order valence-electron chi connectivity index (χ0n) is 14.5. The molecule has 1 N–H and O–H groups in total. The third-order valence-corrected chi connectivity index (χ3v) is 4.48. The first-order valence-electron chi connectivity index (χ1n) is 7.90. The van der Waals surface area contributed by atoms with Crippen molar-refractivity contribution in [2.24, 2.45) is 7.05 Å². The van der Waals surface area contributed by atoms with E-state index in [1.165, 1.54) is 23.9 Å². The first-order chi connectivity index (χ1) is 13.3. The van der Waals surface area contributed by atoms with Gasteiger partial charge in [-0.3, -0.25) is 9.78 Å². The summed E-state index contributed by atoms with van der Waals surface area (Å²) in [6.45, 7) is 0. The Kier molecular flexibility index (Phi) is 5.83. The first kappa shape index (κ1) is 19.7. The molecule has 2 aromatic heterocycles. The fourth-order valence-corrected chi connectivity index (χ4v) is 2.97. The van der Waals surface area contributed by atoms with Crippen molar-refractivity contribution < 1.29 is 22.7 Å². The average molecular weight is 409 g/mol. The number of nitrogens with one attached hydrogen (secondary N) is 1. The summed E-state index contributed by atoms with van der Waals surface area (Å²) in [5.74, 6) is -0.0154. The van der Waals surface area contributed by atoms with Crippen molar-refractivity contribution >= 4 is 23.4 Å². The highest BCUT2D eigenvalue weighted by Gasteiger charge is 2.30. The number of aromatic nitrogens is 4. The van der Waals surface area contributed by atoms with Gasteiger partial charge in [-0.2, -0.15) is 0 Å². The van der Waals surface area contributed by atoms with Crippen molar-refractivity contribution in [3.05, 3.63) is 48.8 Å². The number of hydrogen-bond acceptors (Lipinski definition) is 6. The van der Waals surface area contributed by atoms with Crippen LogP contribution in [0.1, 0.15) is 0 Å². The number of anilines is 1. The van der Waals surface area contributed by atoms with Gasteiger partial charge in [0.05, 0.1) is 5.75 Å². The lowest BCUT2D eigenvalue weighted by Gasteiger charge is -2.10. The number of alkyl halides is 3. The van der Waals surface area contributed by atoms with Gasteiger partial charge in [-0.15, -0.1) is 23.4 Å². The normalized spacial score (nSPS) is 11.3. The molecule has 2 heterocycles. The second kappa shape index (κ2) is 8.30. The third-order valence-electron chi connectivity index (χ3n) is 3.46. The molecule has 146 valence electrons. The van der Waals surface area contributed by atoms with Crippen molar-refractivity contribution in [2.75, 3.05) is 11.1 Å². The van der Waals surface area contributed by atoms with Crippen LogP contribution < -0.4 is 10.1 Å². The predicted octanol–water partition coefficient (Wildman–Crippen LogP) is 3.51. The Bertz CT molecular complexity index is 946. The van der Waals surface area contributed by atoms with E-state index >= 15 is 0 Å². The highest BCUT2D eigenvalue weighted by Crippen LogP contribution is 2.25. The summed E-state index contributed by atoms with van der Waals surface area (Å²) in [4.78, 5) is 16.1. The fourth-order valence-electron chi connectivity index (χ4n) is 2.25. The van der Waals surface area contributed by atoms with E-state index in [0.29, 0.717) is 16.7 Å². The number of hydrogen-bond donors (Lipinski definition) is 1. The molecule has 0 spiro atoms. The van der Waals surface area contributed by atoms with Crippen LogP contribution in [-0.4, -0.2) is 37.8 Å². The summed E-state index contributed by atoms with van der Waals surface area (Å²) in [7, 11) is 1.78. The molecule has 3 aromatic rings. The number of carbonyl (C=O) groups is 1. The summed E-state index contributed by atoms with van der Waals surface area (Å²) < 4.78 is 42.0. The number of halogens is 3. The number of pyridine rings is 1. The van der Waals surface area contributed by atoms with Gasteiger partial charge >= 0.3 is 6.36 Å². The Balaban J connectivity index is 1.56. The van der Waals surface area contributed by atoms with Crippen LogP contribution in [0.15, 0.2) is 53.9 Å². The van der Waals surface area contributed by atoms with Crippen molar-refractivity contribution in [3.63, 3.8) is 0 Å². The molecule has 0 aliphatic rings. The minimum absolute atomic E-state index is 0.0554. The van der Waals surface area contributed by atoms with Crippen LogP contribution in [0, 0.1) is 0 Å². The van der Waals surface area contributed by atoms with Gasteiger partial charge in [0.1, 0.15) is 5.75 Å². The van der Waals surface area contributed by atoms with E-state index in [2.05, 4.69) is 25.2 Å². The topological polar surface area (TPSA) is 81.9 Å². The maximum absolute atomic E-state index is 12.1. The van der Waals surface area contributed by atoms with Crippen LogP contribution >= 0.6 is 11.8 Å². The molecule has 28 heavy (non-hydrogen) atoms. The molecule has 0 aliphatic heterocycles. The van der Waals surface area contributed by atoms with Gasteiger partial charge in [0.15, 0.2) is 11.0 Å². The van der Waals surface area contributed by atoms with Crippen molar-refractivity contribution in [3.8, 4) is 17.1 Å². The number of ether oxygens (including phenoxy) is 1. The average Bonchev–Trinajstić information content (AvgIpc) is 3.02. The van der Waals surface area contributed by atoms with E-state index in [1.807, 2.05) is 6.07 Å². The van der Waals surface area contributed by atoms with E-state index in [4.69, 9.17) is 0 Å². The third kappa shape index (κ3) is 5.22. The number of benzene rings is 1. The number of nitrogens with zero attached hydrogens (tertiary/aromatic N) is 4. The Labute approximate surface area is 161 Å². The molecule has 0 bridgehead atoms. The van der Waals surface area contributed by atoms with Crippen molar-refractivity contribution in [2.45, 2.75) is 11.5 Å². The second-order valence-corrected chi connectivity index (χ2v) is 6.46. The van der Waals surface area contributed by atoms with E-state index < -0.39 is 6.36 Å². The van der Waals surface area contributed by atoms with Gasteiger partial charge in [0, 0.05) is 30.7 Å². The zero-order chi connectivity index (χ0) is 20.1. The Hall–Kier alpha value is -3.08. The lowest BCUT2D eigenvalue weighted by atomic mass is 10.3. The van der Waals surface area contributed by atoms with E-state index in [9.17, 15) is 18.0 Å². The molecule has 0 atom stereocenters. The van der Waals surface area contributed by atoms with Gasteiger partial charge in [-0.25, -0.2) is 0 Å². The van der Waals surface area contributed by atoms with E-state index in [1.54, 1.807) is 30.1 Å². The molecular formula is C17H14F3N5O2S. The molecule has 0 radical (unpaired) electrons. The van der Waals surface area contributed by atoms with Gasteiger partial charge in [-0.05, 0) is 36.4 Å². The molecule has 1 aromatic carbocycles. The second-order valence-electron chi connectivity index (χ2n) is 5.52. The standard InChI is InChI=1S/C17H14F3N5O2S/c1-25-15(11-3-2-8-21-9-11)23-24-16(25)28-10-14(26)22-12-4-6-13(7-5-12)27-17(18,19)20/h2-9H,10H2,1H3,(H,22,26). The minimum Gasteiger partial charge on any atom is -0.406 e. The number of thioether (sulfide) groups is 1. The lowest BCUT2D eigenvalue weighted by molar-refractivity contribution is -0.274. The van der Waals surface area contributed by atoms with Crippen LogP contribution in [0.4, 0.5) is 18.9 Å². The highest BCUT2D eigenvalue weighted by molar-refractivity contribution is 7.99. The summed E-state index contributed by atoms with van der Waals surface area (Å²) in [5.41, 5.74) is 1.16. The van der Waals surface area contributed by atoms with Crippen LogP contribution in [0.3, 0.4) is 0 Å². The van der Waals surface area contributed by atoms with Crippen LogP contribution in [0.25, 0.3) is 11.4 Å². The van der Waals surface area contributed by atoms with Crippen LogP contribution in [-0.2, 0) is 11.8 Å². The smallest absolute Gasteiger partial charge is 0.406 e. The van der Waals surface area contributed by atoms with Crippen molar-refractivity contribution in [1.29, 1.82) is 0 Å². The maximum atomic E-state index is 12.1. The number of carbonyl (C=O) groups excluding carboxylic acids is 1. The fraction of sp³-hybridized carbons (Fsp3) is 0.176. The van der Waals surface area contributed by atoms with Gasteiger partial charge in [0.25, 0.3) is 0 Å². The summed E-state index contributed by atoms with van der Waals surface area (Å²) in [5, 5.41) is 11.3. The molecule has 7 nitrogen and oxygen atoms in total.